The van der Waals surface area contributed by atoms with Crippen molar-refractivity contribution >= 4 is 5.91 Å². The van der Waals surface area contributed by atoms with Gasteiger partial charge in [0, 0.05) is 32.7 Å². The van der Waals surface area contributed by atoms with E-state index in [-0.39, 0.29) is 12.5 Å². The Morgan fingerprint density at radius 1 is 1.10 bits per heavy atom. The van der Waals surface area contributed by atoms with Crippen molar-refractivity contribution in [3.8, 4) is 0 Å². The second-order valence-corrected chi connectivity index (χ2v) is 7.64. The quantitative estimate of drug-likeness (QED) is 0.825. The molecule has 0 spiro atoms. The Labute approximate surface area is 168 Å². The number of carbonyl (C=O) groups is 1. The number of benzene rings is 2. The van der Waals surface area contributed by atoms with Crippen LogP contribution in [0.4, 0.5) is 13.2 Å². The van der Waals surface area contributed by atoms with E-state index in [2.05, 4.69) is 21.6 Å². The van der Waals surface area contributed by atoms with Crippen LogP contribution in [0.15, 0.2) is 48.5 Å². The molecule has 4 rings (SSSR count). The third-order valence-electron chi connectivity index (χ3n) is 5.96. The summed E-state index contributed by atoms with van der Waals surface area (Å²) in [6, 6.07) is 13.1. The van der Waals surface area contributed by atoms with Gasteiger partial charge in [0.15, 0.2) is 0 Å². The van der Waals surface area contributed by atoms with Crippen LogP contribution >= 0.6 is 0 Å². The van der Waals surface area contributed by atoms with E-state index in [1.807, 2.05) is 18.2 Å². The summed E-state index contributed by atoms with van der Waals surface area (Å²) in [4.78, 5) is 15.7. The maximum atomic E-state index is 13.5. The first kappa shape index (κ1) is 19.9. The highest BCUT2D eigenvalue weighted by Gasteiger charge is 2.49. The predicted octanol–water partition coefficient (Wildman–Crippen LogP) is 3.07. The monoisotopic (exact) mass is 403 g/mol. The number of piperazine rings is 1. The molecule has 29 heavy (non-hydrogen) atoms. The van der Waals surface area contributed by atoms with Crippen molar-refractivity contribution < 1.29 is 18.0 Å². The van der Waals surface area contributed by atoms with Crippen LogP contribution in [0.25, 0.3) is 0 Å². The fourth-order valence-electron chi connectivity index (χ4n) is 4.53. The molecule has 2 N–H and O–H groups in total. The van der Waals surface area contributed by atoms with Crippen LogP contribution in [0.1, 0.15) is 28.7 Å². The molecule has 1 aliphatic carbocycles. The molecule has 154 valence electrons. The Balaban J connectivity index is 1.59. The summed E-state index contributed by atoms with van der Waals surface area (Å²) in [6.45, 7) is 3.20. The molecule has 7 heteroatoms. The van der Waals surface area contributed by atoms with Crippen molar-refractivity contribution in [1.82, 2.24) is 15.5 Å². The zero-order valence-electron chi connectivity index (χ0n) is 16.1. The zero-order chi connectivity index (χ0) is 20.5. The lowest BCUT2D eigenvalue weighted by Crippen LogP contribution is -2.60. The number of hydrogen-bond donors (Lipinski definition) is 2. The number of fused-ring (bicyclic) bond motifs is 1. The number of amides is 1. The van der Waals surface area contributed by atoms with Gasteiger partial charge >= 0.3 is 6.18 Å². The molecule has 1 atom stereocenters. The highest BCUT2D eigenvalue weighted by molar-refractivity contribution is 5.89. The number of nitrogens with zero attached hydrogens (tertiary/aromatic N) is 1. The normalized spacial score (nSPS) is 22.3. The van der Waals surface area contributed by atoms with E-state index in [1.165, 1.54) is 11.6 Å². The van der Waals surface area contributed by atoms with Crippen molar-refractivity contribution in [2.75, 3.05) is 26.2 Å². The van der Waals surface area contributed by atoms with E-state index in [9.17, 15) is 18.0 Å². The topological polar surface area (TPSA) is 44.4 Å². The fourth-order valence-corrected chi connectivity index (χ4v) is 4.53. The largest absolute Gasteiger partial charge is 0.416 e. The molecule has 0 bridgehead atoms. The van der Waals surface area contributed by atoms with Crippen LogP contribution in [0, 0.1) is 0 Å². The van der Waals surface area contributed by atoms with Gasteiger partial charge < -0.3 is 10.6 Å². The average molecular weight is 403 g/mol. The summed E-state index contributed by atoms with van der Waals surface area (Å²) in [6.07, 6.45) is -2.90. The van der Waals surface area contributed by atoms with Gasteiger partial charge in [0.2, 0.25) is 5.91 Å². The van der Waals surface area contributed by atoms with Crippen LogP contribution in [0.5, 0.6) is 0 Å². The Hall–Kier alpha value is -2.38. The lowest BCUT2D eigenvalue weighted by molar-refractivity contribution is -0.137. The maximum absolute atomic E-state index is 13.5. The summed E-state index contributed by atoms with van der Waals surface area (Å²) >= 11 is 0. The summed E-state index contributed by atoms with van der Waals surface area (Å²) in [7, 11) is 0. The number of hydrogen-bond acceptors (Lipinski definition) is 3. The van der Waals surface area contributed by atoms with E-state index in [4.69, 9.17) is 0 Å². The lowest BCUT2D eigenvalue weighted by Gasteiger charge is -2.43. The molecule has 4 nitrogen and oxygen atoms in total. The first-order valence-corrected chi connectivity index (χ1v) is 9.90. The van der Waals surface area contributed by atoms with Crippen molar-refractivity contribution in [3.05, 3.63) is 70.8 Å². The first-order valence-electron chi connectivity index (χ1n) is 9.90. The molecule has 0 unspecified atom stereocenters. The minimum Gasteiger partial charge on any atom is -0.350 e. The molecule has 1 fully saturated rings. The van der Waals surface area contributed by atoms with Crippen molar-refractivity contribution in [1.29, 1.82) is 0 Å². The third kappa shape index (κ3) is 3.76. The Bertz CT molecular complexity index is 893. The van der Waals surface area contributed by atoms with Gasteiger partial charge in [-0.3, -0.25) is 9.69 Å². The third-order valence-corrected chi connectivity index (χ3v) is 5.96. The SMILES string of the molecule is O=C(NCc1cccc(C(F)(F)F)c1)[C@]1(N2CCNCC2)CCc2ccccc21. The summed E-state index contributed by atoms with van der Waals surface area (Å²) < 4.78 is 38.9. The van der Waals surface area contributed by atoms with E-state index < -0.39 is 17.3 Å². The molecule has 0 radical (unpaired) electrons. The standard InChI is InChI=1S/C22H24F3N3O/c23-22(24,25)18-6-3-4-16(14-18)15-27-20(29)21(28-12-10-26-11-13-28)9-8-17-5-1-2-7-19(17)21/h1-7,14,26H,8-13,15H2,(H,27,29)/t21-/m0/s1. The smallest absolute Gasteiger partial charge is 0.350 e. The molecule has 1 aliphatic heterocycles. The van der Waals surface area contributed by atoms with Gasteiger partial charge in [0.1, 0.15) is 5.54 Å². The van der Waals surface area contributed by atoms with E-state index >= 15 is 0 Å². The van der Waals surface area contributed by atoms with Gasteiger partial charge in [-0.2, -0.15) is 13.2 Å². The van der Waals surface area contributed by atoms with Gasteiger partial charge in [0.25, 0.3) is 0 Å². The molecule has 2 aromatic rings. The average Bonchev–Trinajstić information content (AvgIpc) is 3.13. The first-order chi connectivity index (χ1) is 13.9. The van der Waals surface area contributed by atoms with Crippen LogP contribution in [-0.2, 0) is 29.5 Å². The predicted molar refractivity (Wildman–Crippen MR) is 104 cm³/mol. The molecule has 1 saturated heterocycles. The lowest BCUT2D eigenvalue weighted by atomic mass is 9.87. The summed E-state index contributed by atoms with van der Waals surface area (Å²) in [5.41, 5.74) is 1.16. The van der Waals surface area contributed by atoms with Crippen LogP contribution < -0.4 is 10.6 Å². The second kappa shape index (κ2) is 7.80. The van der Waals surface area contributed by atoms with Gasteiger partial charge in [-0.05, 0) is 41.7 Å². The van der Waals surface area contributed by atoms with Gasteiger partial charge in [-0.25, -0.2) is 0 Å². The highest BCUT2D eigenvalue weighted by Crippen LogP contribution is 2.42. The minimum absolute atomic E-state index is 0.0682. The van der Waals surface area contributed by atoms with E-state index in [0.717, 1.165) is 50.3 Å². The number of halogens is 3. The van der Waals surface area contributed by atoms with E-state index in [1.54, 1.807) is 6.07 Å². The number of nitrogens with one attached hydrogen (secondary N) is 2. The Morgan fingerprint density at radius 3 is 2.62 bits per heavy atom. The second-order valence-electron chi connectivity index (χ2n) is 7.64. The van der Waals surface area contributed by atoms with Crippen LogP contribution in [0.2, 0.25) is 0 Å². The molecular formula is C22H24F3N3O. The van der Waals surface area contributed by atoms with Crippen LogP contribution in [-0.4, -0.2) is 37.0 Å². The van der Waals surface area contributed by atoms with Gasteiger partial charge in [-0.1, -0.05) is 36.4 Å². The number of aryl methyl sites for hydroxylation is 1. The highest BCUT2D eigenvalue weighted by atomic mass is 19.4. The van der Waals surface area contributed by atoms with Gasteiger partial charge in [-0.15, -0.1) is 0 Å². The molecule has 2 aromatic carbocycles. The fraction of sp³-hybridized carbons (Fsp3) is 0.409. The molecule has 2 aliphatic rings. The Morgan fingerprint density at radius 2 is 1.86 bits per heavy atom. The Kier molecular flexibility index (Phi) is 5.36. The van der Waals surface area contributed by atoms with Crippen molar-refractivity contribution in [3.63, 3.8) is 0 Å². The van der Waals surface area contributed by atoms with Crippen molar-refractivity contribution in [2.24, 2.45) is 0 Å². The maximum Gasteiger partial charge on any atom is 0.416 e. The van der Waals surface area contributed by atoms with E-state index in [0.29, 0.717) is 12.0 Å². The number of rotatable bonds is 4. The summed E-state index contributed by atoms with van der Waals surface area (Å²) in [5, 5.41) is 6.25. The van der Waals surface area contributed by atoms with Crippen molar-refractivity contribution in [2.45, 2.75) is 31.1 Å². The molecule has 0 aromatic heterocycles. The zero-order valence-corrected chi connectivity index (χ0v) is 16.1. The molecular weight excluding hydrogens is 379 g/mol. The van der Waals surface area contributed by atoms with Gasteiger partial charge in [0.05, 0.1) is 5.56 Å². The summed E-state index contributed by atoms with van der Waals surface area (Å²) in [5.74, 6) is -0.137. The van der Waals surface area contributed by atoms with Crippen LogP contribution in [0.3, 0.4) is 0 Å². The molecule has 1 heterocycles. The number of alkyl halides is 3. The molecule has 0 saturated carbocycles. The minimum atomic E-state index is -4.40. The molecule has 1 amide bonds. The number of carbonyl (C=O) groups excluding carboxylic acids is 1.